The molecule has 1 aromatic rings. The summed E-state index contributed by atoms with van der Waals surface area (Å²) in [5.41, 5.74) is 1.53. The van der Waals surface area contributed by atoms with Crippen molar-refractivity contribution in [2.45, 2.75) is 26.3 Å². The normalized spacial score (nSPS) is 14.6. The molecule has 0 amide bonds. The standard InChI is InChI=1S/C19H31FN4OS.HI/c1-3-21-19(22-8-4-5-13-26-2)23-15-16-6-7-18(17(20)14-16)24-9-11-25-12-10-24;/h6-7,14H,3-5,8-13,15H2,1-2H3,(H2,21,22,23);1H. The average Bonchev–Trinajstić information content (AvgIpc) is 2.66. The molecule has 0 spiro atoms. The third kappa shape index (κ3) is 8.87. The van der Waals surface area contributed by atoms with E-state index < -0.39 is 0 Å². The molecule has 1 heterocycles. The Labute approximate surface area is 183 Å². The summed E-state index contributed by atoms with van der Waals surface area (Å²) in [6, 6.07) is 5.41. The Hall–Kier alpha value is -0.740. The predicted molar refractivity (Wildman–Crippen MR) is 125 cm³/mol. The lowest BCUT2D eigenvalue weighted by atomic mass is 10.1. The Kier molecular flexibility index (Phi) is 12.9. The number of nitrogens with zero attached hydrogens (tertiary/aromatic N) is 2. The number of ether oxygens (including phenoxy) is 1. The van der Waals surface area contributed by atoms with Gasteiger partial charge in [-0.15, -0.1) is 24.0 Å². The van der Waals surface area contributed by atoms with Gasteiger partial charge in [-0.05, 0) is 49.5 Å². The zero-order chi connectivity index (χ0) is 18.6. The van der Waals surface area contributed by atoms with Crippen molar-refractivity contribution < 1.29 is 9.13 Å². The van der Waals surface area contributed by atoms with Gasteiger partial charge in [0.2, 0.25) is 0 Å². The van der Waals surface area contributed by atoms with E-state index in [2.05, 4.69) is 21.9 Å². The van der Waals surface area contributed by atoms with Crippen LogP contribution in [0.5, 0.6) is 0 Å². The summed E-state index contributed by atoms with van der Waals surface area (Å²) in [4.78, 5) is 6.61. The second-order valence-corrected chi connectivity index (χ2v) is 7.19. The van der Waals surface area contributed by atoms with Gasteiger partial charge in [-0.3, -0.25) is 0 Å². The highest BCUT2D eigenvalue weighted by molar-refractivity contribution is 14.0. The molecule has 1 fully saturated rings. The van der Waals surface area contributed by atoms with Crippen LogP contribution < -0.4 is 15.5 Å². The second-order valence-electron chi connectivity index (χ2n) is 6.21. The molecule has 8 heteroatoms. The van der Waals surface area contributed by atoms with E-state index in [1.165, 1.54) is 12.2 Å². The number of unbranched alkanes of at least 4 members (excludes halogenated alkanes) is 1. The second kappa shape index (κ2) is 14.3. The molecule has 1 aromatic carbocycles. The molecule has 1 aliphatic rings. The van der Waals surface area contributed by atoms with Gasteiger partial charge in [-0.25, -0.2) is 9.38 Å². The Morgan fingerprint density at radius 2 is 2.04 bits per heavy atom. The lowest BCUT2D eigenvalue weighted by Crippen LogP contribution is -2.37. The van der Waals surface area contributed by atoms with Gasteiger partial charge >= 0.3 is 0 Å². The lowest BCUT2D eigenvalue weighted by molar-refractivity contribution is 0.122. The third-order valence-electron chi connectivity index (χ3n) is 4.20. The van der Waals surface area contributed by atoms with E-state index in [4.69, 9.17) is 4.74 Å². The summed E-state index contributed by atoms with van der Waals surface area (Å²) in [5, 5.41) is 6.58. The molecule has 2 N–H and O–H groups in total. The SMILES string of the molecule is CCNC(=NCc1ccc(N2CCOCC2)c(F)c1)NCCCCSC.I. The van der Waals surface area contributed by atoms with Crippen LogP contribution in [0.1, 0.15) is 25.3 Å². The number of guanidine groups is 1. The molecule has 5 nitrogen and oxygen atoms in total. The van der Waals surface area contributed by atoms with E-state index in [1.807, 2.05) is 35.7 Å². The number of hydrogen-bond acceptors (Lipinski definition) is 4. The molecule has 1 saturated heterocycles. The maximum atomic E-state index is 14.5. The van der Waals surface area contributed by atoms with Gasteiger partial charge in [-0.1, -0.05) is 6.07 Å². The van der Waals surface area contributed by atoms with Crippen LogP contribution in [-0.4, -0.2) is 57.4 Å². The summed E-state index contributed by atoms with van der Waals surface area (Å²) < 4.78 is 19.8. The Balaban J connectivity index is 0.00000364. The number of nitrogens with one attached hydrogen (secondary N) is 2. The maximum absolute atomic E-state index is 14.5. The molecule has 0 aliphatic carbocycles. The van der Waals surface area contributed by atoms with Crippen LogP contribution >= 0.6 is 35.7 Å². The quantitative estimate of drug-likeness (QED) is 0.231. The first-order chi connectivity index (χ1) is 12.7. The van der Waals surface area contributed by atoms with Crippen molar-refractivity contribution >= 4 is 47.4 Å². The van der Waals surface area contributed by atoms with Crippen LogP contribution in [0.2, 0.25) is 0 Å². The smallest absolute Gasteiger partial charge is 0.191 e. The van der Waals surface area contributed by atoms with E-state index in [0.717, 1.165) is 44.1 Å². The minimum Gasteiger partial charge on any atom is -0.378 e. The topological polar surface area (TPSA) is 48.9 Å². The van der Waals surface area contributed by atoms with Gasteiger partial charge in [0, 0.05) is 26.2 Å². The van der Waals surface area contributed by atoms with E-state index >= 15 is 0 Å². The molecule has 0 saturated carbocycles. The Morgan fingerprint density at radius 1 is 1.26 bits per heavy atom. The van der Waals surface area contributed by atoms with Crippen LogP contribution in [0.4, 0.5) is 10.1 Å². The number of aliphatic imine (C=N–C) groups is 1. The molecule has 0 aromatic heterocycles. The van der Waals surface area contributed by atoms with Crippen LogP contribution in [0.15, 0.2) is 23.2 Å². The van der Waals surface area contributed by atoms with Crippen molar-refractivity contribution in [3.63, 3.8) is 0 Å². The fraction of sp³-hybridized carbons (Fsp3) is 0.632. The fourth-order valence-electron chi connectivity index (χ4n) is 2.80. The largest absolute Gasteiger partial charge is 0.378 e. The third-order valence-corrected chi connectivity index (χ3v) is 4.89. The molecule has 0 atom stereocenters. The predicted octanol–water partition coefficient (Wildman–Crippen LogP) is 3.48. The molecule has 0 bridgehead atoms. The summed E-state index contributed by atoms with van der Waals surface area (Å²) in [7, 11) is 0. The van der Waals surface area contributed by atoms with Gasteiger partial charge in [0.1, 0.15) is 5.82 Å². The number of rotatable bonds is 9. The van der Waals surface area contributed by atoms with Crippen molar-refractivity contribution in [1.82, 2.24) is 10.6 Å². The van der Waals surface area contributed by atoms with Crippen molar-refractivity contribution in [3.05, 3.63) is 29.6 Å². The number of morpholine rings is 1. The highest BCUT2D eigenvalue weighted by Gasteiger charge is 2.15. The summed E-state index contributed by atoms with van der Waals surface area (Å²) in [5.74, 6) is 1.79. The van der Waals surface area contributed by atoms with Crippen molar-refractivity contribution in [2.24, 2.45) is 4.99 Å². The lowest BCUT2D eigenvalue weighted by Gasteiger charge is -2.29. The minimum absolute atomic E-state index is 0. The van der Waals surface area contributed by atoms with Gasteiger partial charge < -0.3 is 20.3 Å². The first-order valence-corrected chi connectivity index (χ1v) is 10.8. The zero-order valence-electron chi connectivity index (χ0n) is 16.3. The molecule has 0 unspecified atom stereocenters. The van der Waals surface area contributed by atoms with Gasteiger partial charge in [-0.2, -0.15) is 11.8 Å². The first kappa shape index (κ1) is 24.3. The number of anilines is 1. The number of thioether (sulfide) groups is 1. The van der Waals surface area contributed by atoms with Crippen molar-refractivity contribution in [1.29, 1.82) is 0 Å². The summed E-state index contributed by atoms with van der Waals surface area (Å²) in [6.45, 7) is 6.99. The highest BCUT2D eigenvalue weighted by atomic mass is 127. The molecule has 0 radical (unpaired) electrons. The van der Waals surface area contributed by atoms with Gasteiger partial charge in [0.15, 0.2) is 5.96 Å². The Morgan fingerprint density at radius 3 is 2.70 bits per heavy atom. The van der Waals surface area contributed by atoms with E-state index in [-0.39, 0.29) is 29.8 Å². The van der Waals surface area contributed by atoms with E-state index in [1.54, 1.807) is 6.07 Å². The van der Waals surface area contributed by atoms with Gasteiger partial charge in [0.25, 0.3) is 0 Å². The van der Waals surface area contributed by atoms with Crippen molar-refractivity contribution in [3.8, 4) is 0 Å². The van der Waals surface area contributed by atoms with Crippen LogP contribution in [-0.2, 0) is 11.3 Å². The minimum atomic E-state index is -0.186. The maximum Gasteiger partial charge on any atom is 0.191 e. The zero-order valence-corrected chi connectivity index (χ0v) is 19.4. The molecule has 154 valence electrons. The number of hydrogen-bond donors (Lipinski definition) is 2. The highest BCUT2D eigenvalue weighted by Crippen LogP contribution is 2.21. The van der Waals surface area contributed by atoms with E-state index in [0.29, 0.717) is 25.4 Å². The molecular formula is C19H32FIN4OS. The fourth-order valence-corrected chi connectivity index (χ4v) is 3.29. The number of benzene rings is 1. The number of halogens is 2. The summed E-state index contributed by atoms with van der Waals surface area (Å²) in [6.07, 6.45) is 4.44. The van der Waals surface area contributed by atoms with Crippen LogP contribution in [0.3, 0.4) is 0 Å². The first-order valence-electron chi connectivity index (χ1n) is 9.36. The monoisotopic (exact) mass is 510 g/mol. The van der Waals surface area contributed by atoms with Crippen molar-refractivity contribution in [2.75, 3.05) is 56.3 Å². The molecule has 2 rings (SSSR count). The molecular weight excluding hydrogens is 478 g/mol. The van der Waals surface area contributed by atoms with E-state index in [9.17, 15) is 4.39 Å². The average molecular weight is 510 g/mol. The Bertz CT molecular complexity index is 571. The summed E-state index contributed by atoms with van der Waals surface area (Å²) >= 11 is 1.87. The van der Waals surface area contributed by atoms with Crippen LogP contribution in [0, 0.1) is 5.82 Å². The van der Waals surface area contributed by atoms with Crippen LogP contribution in [0.25, 0.3) is 0 Å². The molecule has 27 heavy (non-hydrogen) atoms. The molecule has 1 aliphatic heterocycles. The van der Waals surface area contributed by atoms with Gasteiger partial charge in [0.05, 0.1) is 25.4 Å².